The Hall–Kier alpha value is -0.590. The van der Waals surface area contributed by atoms with Crippen LogP contribution in [0.1, 0.15) is 16.1 Å². The molecule has 0 aromatic carbocycles. The summed E-state index contributed by atoms with van der Waals surface area (Å²) in [7, 11) is 0. The number of thiophene rings is 1. The maximum absolute atomic E-state index is 11.2. The molecule has 0 bridgehead atoms. The number of Topliss-reactive ketones (excluding diaryl/α,β-unsaturated/α-hetero) is 1. The zero-order valence-corrected chi connectivity index (χ0v) is 8.04. The minimum absolute atomic E-state index is 0.00868. The second-order valence-electron chi connectivity index (χ2n) is 1.90. The smallest absolute Gasteiger partial charge is 0.185 e. The first-order valence-electron chi connectivity index (χ1n) is 2.95. The van der Waals surface area contributed by atoms with Gasteiger partial charge in [0, 0.05) is 4.47 Å². The Kier molecular flexibility index (Phi) is 2.86. The highest BCUT2D eigenvalue weighted by Gasteiger charge is 2.08. The van der Waals surface area contributed by atoms with Gasteiger partial charge in [-0.1, -0.05) is 5.92 Å². The van der Waals surface area contributed by atoms with Crippen LogP contribution in [-0.4, -0.2) is 5.78 Å². The molecule has 3 heteroatoms. The Balaban J connectivity index is 2.86. The molecular weight excluding hydrogens is 224 g/mol. The SMILES string of the molecule is C#CCC(=O)c1sccc1Br. The molecule has 0 saturated heterocycles. The van der Waals surface area contributed by atoms with E-state index < -0.39 is 0 Å². The van der Waals surface area contributed by atoms with Crippen LogP contribution >= 0.6 is 27.3 Å². The van der Waals surface area contributed by atoms with E-state index in [4.69, 9.17) is 6.42 Å². The fourth-order valence-corrected chi connectivity index (χ4v) is 2.20. The molecule has 1 aromatic heterocycles. The summed E-state index contributed by atoms with van der Waals surface area (Å²) in [6, 6.07) is 1.84. The molecule has 0 N–H and O–H groups in total. The van der Waals surface area contributed by atoms with Crippen LogP contribution in [0.15, 0.2) is 15.9 Å². The summed E-state index contributed by atoms with van der Waals surface area (Å²) < 4.78 is 0.836. The van der Waals surface area contributed by atoms with Crippen molar-refractivity contribution in [3.8, 4) is 12.3 Å². The van der Waals surface area contributed by atoms with Crippen molar-refractivity contribution < 1.29 is 4.79 Å². The number of hydrogen-bond acceptors (Lipinski definition) is 2. The van der Waals surface area contributed by atoms with Crippen LogP contribution < -0.4 is 0 Å². The number of rotatable bonds is 2. The van der Waals surface area contributed by atoms with E-state index in [0.717, 1.165) is 4.47 Å². The summed E-state index contributed by atoms with van der Waals surface area (Å²) >= 11 is 4.66. The fourth-order valence-electron chi connectivity index (χ4n) is 0.666. The van der Waals surface area contributed by atoms with Gasteiger partial charge in [0.2, 0.25) is 0 Å². The normalized spacial score (nSPS) is 9.09. The third-order valence-electron chi connectivity index (χ3n) is 1.13. The van der Waals surface area contributed by atoms with Gasteiger partial charge in [0.1, 0.15) is 0 Å². The van der Waals surface area contributed by atoms with Gasteiger partial charge in [0.25, 0.3) is 0 Å². The van der Waals surface area contributed by atoms with Gasteiger partial charge in [-0.05, 0) is 27.4 Å². The van der Waals surface area contributed by atoms with E-state index in [1.165, 1.54) is 11.3 Å². The van der Waals surface area contributed by atoms with Crippen LogP contribution in [0.4, 0.5) is 0 Å². The van der Waals surface area contributed by atoms with Gasteiger partial charge in [0.15, 0.2) is 5.78 Å². The number of carbonyl (C=O) groups excluding carboxylic acids is 1. The Labute approximate surface area is 77.6 Å². The molecule has 0 unspecified atom stereocenters. The largest absolute Gasteiger partial charge is 0.292 e. The molecule has 0 saturated carbocycles. The number of halogens is 1. The summed E-state index contributed by atoms with van der Waals surface area (Å²) in [5, 5.41) is 1.85. The fraction of sp³-hybridized carbons (Fsp3) is 0.125. The van der Waals surface area contributed by atoms with Gasteiger partial charge in [-0.25, -0.2) is 0 Å². The highest BCUT2D eigenvalue weighted by atomic mass is 79.9. The molecule has 0 atom stereocenters. The predicted molar refractivity (Wildman–Crippen MR) is 49.8 cm³/mol. The lowest BCUT2D eigenvalue weighted by atomic mass is 10.2. The van der Waals surface area contributed by atoms with Crippen molar-refractivity contribution >= 4 is 33.0 Å². The quantitative estimate of drug-likeness (QED) is 0.562. The van der Waals surface area contributed by atoms with Gasteiger partial charge in [-0.3, -0.25) is 4.79 Å². The number of terminal acetylenes is 1. The number of carbonyl (C=O) groups is 1. The Morgan fingerprint density at radius 1 is 1.82 bits per heavy atom. The molecule has 0 aliphatic heterocycles. The van der Waals surface area contributed by atoms with Crippen molar-refractivity contribution in [1.29, 1.82) is 0 Å². The molecule has 11 heavy (non-hydrogen) atoms. The third-order valence-corrected chi connectivity index (χ3v) is 3.01. The topological polar surface area (TPSA) is 17.1 Å². The molecule has 0 amide bonds. The van der Waals surface area contributed by atoms with Crippen LogP contribution in [0.2, 0.25) is 0 Å². The molecule has 0 fully saturated rings. The second kappa shape index (κ2) is 3.70. The molecular formula is C8H5BrOS. The number of hydrogen-bond donors (Lipinski definition) is 0. The lowest BCUT2D eigenvalue weighted by molar-refractivity contribution is 0.100. The molecule has 0 radical (unpaired) electrons. The summed E-state index contributed by atoms with van der Waals surface area (Å²) in [6.45, 7) is 0. The van der Waals surface area contributed by atoms with Gasteiger partial charge < -0.3 is 0 Å². The predicted octanol–water partition coefficient (Wildman–Crippen LogP) is 2.72. The second-order valence-corrected chi connectivity index (χ2v) is 3.67. The van der Waals surface area contributed by atoms with E-state index in [1.54, 1.807) is 0 Å². The first-order chi connectivity index (χ1) is 5.25. The van der Waals surface area contributed by atoms with Crippen molar-refractivity contribution in [2.24, 2.45) is 0 Å². The summed E-state index contributed by atoms with van der Waals surface area (Å²) in [5.74, 6) is 2.33. The van der Waals surface area contributed by atoms with E-state index in [2.05, 4.69) is 21.9 Å². The van der Waals surface area contributed by atoms with E-state index in [0.29, 0.717) is 4.88 Å². The summed E-state index contributed by atoms with van der Waals surface area (Å²) in [5.41, 5.74) is 0. The lowest BCUT2D eigenvalue weighted by Crippen LogP contribution is -1.93. The molecule has 1 aromatic rings. The first kappa shape index (κ1) is 8.51. The minimum Gasteiger partial charge on any atom is -0.292 e. The molecule has 0 spiro atoms. The average molecular weight is 229 g/mol. The van der Waals surface area contributed by atoms with Crippen molar-refractivity contribution in [3.63, 3.8) is 0 Å². The monoisotopic (exact) mass is 228 g/mol. The maximum atomic E-state index is 11.2. The van der Waals surface area contributed by atoms with E-state index in [-0.39, 0.29) is 12.2 Å². The van der Waals surface area contributed by atoms with Crippen molar-refractivity contribution in [2.45, 2.75) is 6.42 Å². The molecule has 1 heterocycles. The summed E-state index contributed by atoms with van der Waals surface area (Å²) in [4.78, 5) is 11.9. The molecule has 1 nitrogen and oxygen atoms in total. The average Bonchev–Trinajstić information content (AvgIpc) is 2.36. The summed E-state index contributed by atoms with van der Waals surface area (Å²) in [6.07, 6.45) is 5.18. The molecule has 0 aliphatic rings. The van der Waals surface area contributed by atoms with Crippen LogP contribution in [0, 0.1) is 12.3 Å². The van der Waals surface area contributed by atoms with Crippen molar-refractivity contribution in [2.75, 3.05) is 0 Å². The zero-order valence-electron chi connectivity index (χ0n) is 5.63. The van der Waals surface area contributed by atoms with Gasteiger partial charge >= 0.3 is 0 Å². The highest BCUT2D eigenvalue weighted by Crippen LogP contribution is 2.23. The molecule has 56 valence electrons. The van der Waals surface area contributed by atoms with Crippen LogP contribution in [-0.2, 0) is 0 Å². The van der Waals surface area contributed by atoms with E-state index >= 15 is 0 Å². The first-order valence-corrected chi connectivity index (χ1v) is 4.62. The zero-order chi connectivity index (χ0) is 8.27. The third kappa shape index (κ3) is 1.92. The van der Waals surface area contributed by atoms with Gasteiger partial charge in [-0.2, -0.15) is 0 Å². The highest BCUT2D eigenvalue weighted by molar-refractivity contribution is 9.10. The Bertz CT molecular complexity index is 308. The van der Waals surface area contributed by atoms with E-state index in [9.17, 15) is 4.79 Å². The van der Waals surface area contributed by atoms with Gasteiger partial charge in [0.05, 0.1) is 11.3 Å². The number of ketones is 1. The standard InChI is InChI=1S/C8H5BrOS/c1-2-3-7(10)8-6(9)4-5-11-8/h1,4-5H,3H2. The van der Waals surface area contributed by atoms with Crippen molar-refractivity contribution in [3.05, 3.63) is 20.8 Å². The molecule has 1 rings (SSSR count). The Morgan fingerprint density at radius 3 is 3.00 bits per heavy atom. The molecule has 0 aliphatic carbocycles. The van der Waals surface area contributed by atoms with Crippen LogP contribution in [0.25, 0.3) is 0 Å². The van der Waals surface area contributed by atoms with Crippen molar-refractivity contribution in [1.82, 2.24) is 0 Å². The van der Waals surface area contributed by atoms with Gasteiger partial charge in [-0.15, -0.1) is 17.8 Å². The maximum Gasteiger partial charge on any atom is 0.185 e. The lowest BCUT2D eigenvalue weighted by Gasteiger charge is -1.90. The van der Waals surface area contributed by atoms with Crippen LogP contribution in [0.5, 0.6) is 0 Å². The van der Waals surface area contributed by atoms with Crippen LogP contribution in [0.3, 0.4) is 0 Å². The van der Waals surface area contributed by atoms with E-state index in [1.807, 2.05) is 11.4 Å². The minimum atomic E-state index is 0.00868. The Morgan fingerprint density at radius 2 is 2.55 bits per heavy atom.